The van der Waals surface area contributed by atoms with Crippen molar-refractivity contribution in [3.8, 4) is 0 Å². The van der Waals surface area contributed by atoms with Crippen molar-refractivity contribution in [1.82, 2.24) is 10.6 Å². The lowest BCUT2D eigenvalue weighted by Crippen LogP contribution is -2.35. The Kier molecular flexibility index (Phi) is 5.43. The standard InChI is InChI=1S/C16H25BrN2/c1-16(2,13-5-7-14(17)8-6-13)12-18-11-9-15-4-3-10-19-15/h5-8,15,18-19H,3-4,9-12H2,1-2H3. The Morgan fingerprint density at radius 1 is 1.32 bits per heavy atom. The van der Waals surface area contributed by atoms with E-state index < -0.39 is 0 Å². The highest BCUT2D eigenvalue weighted by Crippen LogP contribution is 2.24. The summed E-state index contributed by atoms with van der Waals surface area (Å²) in [5, 5.41) is 7.16. The molecule has 1 aromatic carbocycles. The van der Waals surface area contributed by atoms with E-state index in [0.717, 1.165) is 23.6 Å². The van der Waals surface area contributed by atoms with Gasteiger partial charge in [0, 0.05) is 22.5 Å². The fourth-order valence-corrected chi connectivity index (χ4v) is 2.95. The molecule has 1 heterocycles. The Balaban J connectivity index is 1.75. The molecular formula is C16H25BrN2. The summed E-state index contributed by atoms with van der Waals surface area (Å²) < 4.78 is 1.15. The van der Waals surface area contributed by atoms with Gasteiger partial charge in [0.2, 0.25) is 0 Å². The van der Waals surface area contributed by atoms with Crippen molar-refractivity contribution >= 4 is 15.9 Å². The van der Waals surface area contributed by atoms with E-state index in [2.05, 4.69) is 64.7 Å². The van der Waals surface area contributed by atoms with Crippen LogP contribution in [0.5, 0.6) is 0 Å². The maximum Gasteiger partial charge on any atom is 0.0175 e. The van der Waals surface area contributed by atoms with Crippen LogP contribution in [0, 0.1) is 0 Å². The molecule has 1 aromatic rings. The van der Waals surface area contributed by atoms with Crippen molar-refractivity contribution < 1.29 is 0 Å². The van der Waals surface area contributed by atoms with Gasteiger partial charge >= 0.3 is 0 Å². The molecule has 0 radical (unpaired) electrons. The molecule has 106 valence electrons. The Morgan fingerprint density at radius 2 is 2.05 bits per heavy atom. The van der Waals surface area contributed by atoms with Crippen LogP contribution in [0.3, 0.4) is 0 Å². The summed E-state index contributed by atoms with van der Waals surface area (Å²) in [6, 6.07) is 9.41. The summed E-state index contributed by atoms with van der Waals surface area (Å²) in [6.07, 6.45) is 3.93. The van der Waals surface area contributed by atoms with Crippen LogP contribution < -0.4 is 10.6 Å². The second-order valence-electron chi connectivity index (χ2n) is 6.15. The lowest BCUT2D eigenvalue weighted by atomic mass is 9.84. The van der Waals surface area contributed by atoms with Crippen molar-refractivity contribution in [3.63, 3.8) is 0 Å². The van der Waals surface area contributed by atoms with Gasteiger partial charge in [-0.15, -0.1) is 0 Å². The summed E-state index contributed by atoms with van der Waals surface area (Å²) in [6.45, 7) is 7.95. The first kappa shape index (κ1) is 15.0. The quantitative estimate of drug-likeness (QED) is 0.783. The topological polar surface area (TPSA) is 24.1 Å². The van der Waals surface area contributed by atoms with Crippen molar-refractivity contribution in [2.24, 2.45) is 0 Å². The molecule has 0 spiro atoms. The third-order valence-corrected chi connectivity index (χ3v) is 4.55. The minimum absolute atomic E-state index is 0.184. The van der Waals surface area contributed by atoms with E-state index in [9.17, 15) is 0 Å². The van der Waals surface area contributed by atoms with Gasteiger partial charge in [-0.05, 0) is 50.0 Å². The van der Waals surface area contributed by atoms with Crippen molar-refractivity contribution in [2.75, 3.05) is 19.6 Å². The first-order valence-electron chi connectivity index (χ1n) is 7.28. The van der Waals surface area contributed by atoms with Crippen LogP contribution in [0.1, 0.15) is 38.7 Å². The zero-order chi connectivity index (χ0) is 13.7. The smallest absolute Gasteiger partial charge is 0.0175 e. The van der Waals surface area contributed by atoms with Crippen LogP contribution in [0.15, 0.2) is 28.7 Å². The second-order valence-corrected chi connectivity index (χ2v) is 7.07. The third-order valence-electron chi connectivity index (χ3n) is 4.02. The van der Waals surface area contributed by atoms with Crippen LogP contribution in [0.4, 0.5) is 0 Å². The zero-order valence-corrected chi connectivity index (χ0v) is 13.6. The fourth-order valence-electron chi connectivity index (χ4n) is 2.68. The van der Waals surface area contributed by atoms with Gasteiger partial charge in [-0.3, -0.25) is 0 Å². The molecule has 0 amide bonds. The molecule has 0 aliphatic carbocycles. The molecule has 1 saturated heterocycles. The average Bonchev–Trinajstić information content (AvgIpc) is 2.88. The van der Waals surface area contributed by atoms with E-state index in [1.807, 2.05) is 0 Å². The van der Waals surface area contributed by atoms with E-state index in [-0.39, 0.29) is 5.41 Å². The summed E-state index contributed by atoms with van der Waals surface area (Å²) in [5.41, 5.74) is 1.58. The molecule has 2 rings (SSSR count). The number of nitrogens with one attached hydrogen (secondary N) is 2. The normalized spacial score (nSPS) is 19.8. The summed E-state index contributed by atoms with van der Waals surface area (Å²) >= 11 is 3.49. The highest BCUT2D eigenvalue weighted by atomic mass is 79.9. The van der Waals surface area contributed by atoms with Crippen molar-refractivity contribution in [3.05, 3.63) is 34.3 Å². The van der Waals surface area contributed by atoms with E-state index >= 15 is 0 Å². The highest BCUT2D eigenvalue weighted by Gasteiger charge is 2.20. The van der Waals surface area contributed by atoms with Crippen LogP contribution in [-0.4, -0.2) is 25.7 Å². The molecule has 1 atom stereocenters. The summed E-state index contributed by atoms with van der Waals surface area (Å²) in [7, 11) is 0. The van der Waals surface area contributed by atoms with Crippen LogP contribution >= 0.6 is 15.9 Å². The molecule has 1 aliphatic heterocycles. The molecule has 1 aliphatic rings. The molecule has 3 heteroatoms. The van der Waals surface area contributed by atoms with Gasteiger partial charge in [0.05, 0.1) is 0 Å². The Bertz CT molecular complexity index is 380. The molecule has 0 bridgehead atoms. The Morgan fingerprint density at radius 3 is 2.68 bits per heavy atom. The third kappa shape index (κ3) is 4.59. The molecule has 2 N–H and O–H groups in total. The molecule has 2 nitrogen and oxygen atoms in total. The minimum atomic E-state index is 0.184. The molecule has 1 unspecified atom stereocenters. The molecule has 0 saturated carbocycles. The Hall–Kier alpha value is -0.380. The average molecular weight is 325 g/mol. The van der Waals surface area contributed by atoms with Crippen LogP contribution in [-0.2, 0) is 5.41 Å². The highest BCUT2D eigenvalue weighted by molar-refractivity contribution is 9.10. The predicted molar refractivity (Wildman–Crippen MR) is 85.7 cm³/mol. The molecular weight excluding hydrogens is 300 g/mol. The number of hydrogen-bond acceptors (Lipinski definition) is 2. The monoisotopic (exact) mass is 324 g/mol. The van der Waals surface area contributed by atoms with Gasteiger partial charge in [0.25, 0.3) is 0 Å². The lowest BCUT2D eigenvalue weighted by molar-refractivity contribution is 0.447. The Labute approximate surface area is 125 Å². The fraction of sp³-hybridized carbons (Fsp3) is 0.625. The largest absolute Gasteiger partial charge is 0.316 e. The van der Waals surface area contributed by atoms with Gasteiger partial charge in [-0.25, -0.2) is 0 Å². The van der Waals surface area contributed by atoms with Gasteiger partial charge < -0.3 is 10.6 Å². The number of rotatable bonds is 6. The zero-order valence-electron chi connectivity index (χ0n) is 12.0. The number of benzene rings is 1. The van der Waals surface area contributed by atoms with Crippen molar-refractivity contribution in [1.29, 1.82) is 0 Å². The molecule has 0 aromatic heterocycles. The van der Waals surface area contributed by atoms with Crippen LogP contribution in [0.25, 0.3) is 0 Å². The second kappa shape index (κ2) is 6.87. The van der Waals surface area contributed by atoms with Gasteiger partial charge in [0.15, 0.2) is 0 Å². The lowest BCUT2D eigenvalue weighted by Gasteiger charge is -2.26. The first-order valence-corrected chi connectivity index (χ1v) is 8.07. The van der Waals surface area contributed by atoms with Gasteiger partial charge in [-0.1, -0.05) is 41.9 Å². The number of halogens is 1. The maximum atomic E-state index is 3.61. The van der Waals surface area contributed by atoms with E-state index in [4.69, 9.17) is 0 Å². The van der Waals surface area contributed by atoms with Gasteiger partial charge in [-0.2, -0.15) is 0 Å². The van der Waals surface area contributed by atoms with E-state index in [1.165, 1.54) is 31.4 Å². The van der Waals surface area contributed by atoms with E-state index in [0.29, 0.717) is 0 Å². The maximum absolute atomic E-state index is 3.61. The molecule has 19 heavy (non-hydrogen) atoms. The first-order chi connectivity index (χ1) is 9.08. The predicted octanol–water partition coefficient (Wildman–Crippen LogP) is 3.46. The summed E-state index contributed by atoms with van der Waals surface area (Å²) in [4.78, 5) is 0. The molecule has 1 fully saturated rings. The SMILES string of the molecule is CC(C)(CNCCC1CCCN1)c1ccc(Br)cc1. The minimum Gasteiger partial charge on any atom is -0.316 e. The van der Waals surface area contributed by atoms with E-state index in [1.54, 1.807) is 0 Å². The van der Waals surface area contributed by atoms with Crippen molar-refractivity contribution in [2.45, 2.75) is 44.6 Å². The van der Waals surface area contributed by atoms with Crippen LogP contribution in [0.2, 0.25) is 0 Å². The summed E-state index contributed by atoms with van der Waals surface area (Å²) in [5.74, 6) is 0. The number of hydrogen-bond donors (Lipinski definition) is 2. The van der Waals surface area contributed by atoms with Gasteiger partial charge in [0.1, 0.15) is 0 Å².